The SMILES string of the molecule is COc1ccc(CN2CC(c3ccncc3)C2)cc1OCC(O)CN1CCOCC1. The quantitative estimate of drug-likeness (QED) is 0.672. The van der Waals surface area contributed by atoms with Gasteiger partial charge < -0.3 is 19.3 Å². The summed E-state index contributed by atoms with van der Waals surface area (Å²) in [6.07, 6.45) is 3.17. The van der Waals surface area contributed by atoms with Gasteiger partial charge in [0.1, 0.15) is 12.7 Å². The number of nitrogens with zero attached hydrogens (tertiary/aromatic N) is 3. The van der Waals surface area contributed by atoms with Gasteiger partial charge in [-0.1, -0.05) is 6.07 Å². The Morgan fingerprint density at radius 1 is 1.10 bits per heavy atom. The third-order valence-corrected chi connectivity index (χ3v) is 5.77. The molecule has 0 bridgehead atoms. The standard InChI is InChI=1S/C23H31N3O4/c1-28-22-3-2-18(13-26-14-20(15-26)19-4-6-24-7-5-19)12-23(22)30-17-21(27)16-25-8-10-29-11-9-25/h2-7,12,20-21,27H,8-11,13-17H2,1H3. The van der Waals surface area contributed by atoms with E-state index in [9.17, 15) is 5.11 Å². The van der Waals surface area contributed by atoms with Crippen molar-refractivity contribution in [2.75, 3.05) is 59.7 Å². The lowest BCUT2D eigenvalue weighted by Crippen LogP contribution is -2.44. The monoisotopic (exact) mass is 413 g/mol. The van der Waals surface area contributed by atoms with Crippen LogP contribution in [0.15, 0.2) is 42.7 Å². The molecule has 7 heteroatoms. The zero-order valence-electron chi connectivity index (χ0n) is 17.6. The maximum absolute atomic E-state index is 10.4. The average Bonchev–Trinajstić information content (AvgIpc) is 2.76. The van der Waals surface area contributed by atoms with Crippen LogP contribution in [-0.2, 0) is 11.3 Å². The minimum atomic E-state index is -0.548. The van der Waals surface area contributed by atoms with Crippen molar-refractivity contribution in [2.24, 2.45) is 0 Å². The van der Waals surface area contributed by atoms with E-state index in [2.05, 4.69) is 33.0 Å². The summed E-state index contributed by atoms with van der Waals surface area (Å²) in [5, 5.41) is 10.4. The van der Waals surface area contributed by atoms with E-state index in [0.29, 0.717) is 24.0 Å². The number of hydrogen-bond donors (Lipinski definition) is 1. The molecule has 7 nitrogen and oxygen atoms in total. The number of aliphatic hydroxyl groups is 1. The van der Waals surface area contributed by atoms with Crippen LogP contribution < -0.4 is 9.47 Å². The van der Waals surface area contributed by atoms with E-state index >= 15 is 0 Å². The number of hydrogen-bond acceptors (Lipinski definition) is 7. The Balaban J connectivity index is 1.28. The molecule has 2 aromatic rings. The fraction of sp³-hybridized carbons (Fsp3) is 0.522. The van der Waals surface area contributed by atoms with Crippen LogP contribution in [0, 0.1) is 0 Å². The van der Waals surface area contributed by atoms with Crippen molar-refractivity contribution in [3.05, 3.63) is 53.9 Å². The van der Waals surface area contributed by atoms with E-state index in [1.54, 1.807) is 7.11 Å². The first-order chi connectivity index (χ1) is 14.7. The first kappa shape index (κ1) is 21.1. The Hall–Kier alpha value is -2.19. The summed E-state index contributed by atoms with van der Waals surface area (Å²) < 4.78 is 16.7. The molecule has 2 aliphatic rings. The lowest BCUT2D eigenvalue weighted by atomic mass is 9.92. The Labute approximate surface area is 178 Å². The molecule has 2 aliphatic heterocycles. The van der Waals surface area contributed by atoms with Crippen molar-refractivity contribution < 1.29 is 19.3 Å². The smallest absolute Gasteiger partial charge is 0.161 e. The van der Waals surface area contributed by atoms with Crippen molar-refractivity contribution >= 4 is 0 Å². The van der Waals surface area contributed by atoms with Crippen molar-refractivity contribution in [3.8, 4) is 11.5 Å². The average molecular weight is 414 g/mol. The molecule has 0 aliphatic carbocycles. The van der Waals surface area contributed by atoms with Gasteiger partial charge in [-0.25, -0.2) is 0 Å². The molecule has 0 amide bonds. The first-order valence-corrected chi connectivity index (χ1v) is 10.6. The van der Waals surface area contributed by atoms with Gasteiger partial charge in [-0.3, -0.25) is 14.8 Å². The molecule has 1 aromatic carbocycles. The fourth-order valence-corrected chi connectivity index (χ4v) is 4.06. The lowest BCUT2D eigenvalue weighted by Gasteiger charge is -2.39. The fourth-order valence-electron chi connectivity index (χ4n) is 4.06. The molecule has 1 atom stereocenters. The van der Waals surface area contributed by atoms with E-state index in [0.717, 1.165) is 45.9 Å². The predicted octanol–water partition coefficient (Wildman–Crippen LogP) is 1.76. The maximum atomic E-state index is 10.4. The van der Waals surface area contributed by atoms with Crippen LogP contribution in [0.4, 0.5) is 0 Å². The topological polar surface area (TPSA) is 67.3 Å². The molecule has 1 unspecified atom stereocenters. The van der Waals surface area contributed by atoms with Crippen LogP contribution in [0.5, 0.6) is 11.5 Å². The second-order valence-corrected chi connectivity index (χ2v) is 8.03. The molecular weight excluding hydrogens is 382 g/mol. The molecule has 0 spiro atoms. The number of methoxy groups -OCH3 is 1. The highest BCUT2D eigenvalue weighted by Gasteiger charge is 2.28. The summed E-state index contributed by atoms with van der Waals surface area (Å²) in [6, 6.07) is 10.3. The highest BCUT2D eigenvalue weighted by atomic mass is 16.5. The van der Waals surface area contributed by atoms with E-state index in [1.165, 1.54) is 11.1 Å². The summed E-state index contributed by atoms with van der Waals surface area (Å²) >= 11 is 0. The van der Waals surface area contributed by atoms with Gasteiger partial charge in [0.25, 0.3) is 0 Å². The molecule has 0 radical (unpaired) electrons. The van der Waals surface area contributed by atoms with Gasteiger partial charge in [-0.05, 0) is 35.4 Å². The summed E-state index contributed by atoms with van der Waals surface area (Å²) in [5.41, 5.74) is 2.54. The summed E-state index contributed by atoms with van der Waals surface area (Å²) in [4.78, 5) is 8.72. The molecule has 3 heterocycles. The number of ether oxygens (including phenoxy) is 3. The number of morpholine rings is 1. The molecule has 2 fully saturated rings. The largest absolute Gasteiger partial charge is 0.493 e. The number of rotatable bonds is 9. The van der Waals surface area contributed by atoms with Crippen LogP contribution in [0.2, 0.25) is 0 Å². The van der Waals surface area contributed by atoms with Gasteiger partial charge >= 0.3 is 0 Å². The zero-order valence-corrected chi connectivity index (χ0v) is 17.6. The normalized spacial score (nSPS) is 19.3. The molecular formula is C23H31N3O4. The summed E-state index contributed by atoms with van der Waals surface area (Å²) in [5.74, 6) is 1.95. The highest BCUT2D eigenvalue weighted by molar-refractivity contribution is 5.43. The van der Waals surface area contributed by atoms with Crippen LogP contribution >= 0.6 is 0 Å². The van der Waals surface area contributed by atoms with Crippen molar-refractivity contribution in [2.45, 2.75) is 18.6 Å². The summed E-state index contributed by atoms with van der Waals surface area (Å²) in [6.45, 7) is 6.95. The van der Waals surface area contributed by atoms with Gasteiger partial charge in [0.2, 0.25) is 0 Å². The molecule has 0 saturated carbocycles. The van der Waals surface area contributed by atoms with Gasteiger partial charge in [0, 0.05) is 57.6 Å². The summed E-state index contributed by atoms with van der Waals surface area (Å²) in [7, 11) is 1.64. The number of β-amino-alcohol motifs (C(OH)–C–C–N with tert-alkyl or cyclic N) is 1. The second-order valence-electron chi connectivity index (χ2n) is 8.03. The Kier molecular flexibility index (Phi) is 7.17. The van der Waals surface area contributed by atoms with Gasteiger partial charge in [-0.2, -0.15) is 0 Å². The van der Waals surface area contributed by atoms with Crippen molar-refractivity contribution in [1.82, 2.24) is 14.8 Å². The lowest BCUT2D eigenvalue weighted by molar-refractivity contribution is 0.00443. The Morgan fingerprint density at radius 2 is 1.87 bits per heavy atom. The van der Waals surface area contributed by atoms with E-state index in [4.69, 9.17) is 14.2 Å². The molecule has 1 aromatic heterocycles. The third-order valence-electron chi connectivity index (χ3n) is 5.77. The van der Waals surface area contributed by atoms with Crippen LogP contribution in [0.1, 0.15) is 17.0 Å². The highest BCUT2D eigenvalue weighted by Crippen LogP contribution is 2.31. The Bertz CT molecular complexity index is 792. The molecule has 30 heavy (non-hydrogen) atoms. The van der Waals surface area contributed by atoms with Gasteiger partial charge in [0.15, 0.2) is 11.5 Å². The number of benzene rings is 1. The first-order valence-electron chi connectivity index (χ1n) is 10.6. The van der Waals surface area contributed by atoms with Crippen molar-refractivity contribution in [3.63, 3.8) is 0 Å². The maximum Gasteiger partial charge on any atom is 0.161 e. The molecule has 4 rings (SSSR count). The van der Waals surface area contributed by atoms with Crippen molar-refractivity contribution in [1.29, 1.82) is 0 Å². The number of aromatic nitrogens is 1. The van der Waals surface area contributed by atoms with Crippen LogP contribution in [-0.4, -0.2) is 85.6 Å². The minimum Gasteiger partial charge on any atom is -0.493 e. The predicted molar refractivity (Wildman–Crippen MR) is 114 cm³/mol. The second kappa shape index (κ2) is 10.2. The van der Waals surface area contributed by atoms with Crippen LogP contribution in [0.25, 0.3) is 0 Å². The Morgan fingerprint density at radius 3 is 2.60 bits per heavy atom. The number of likely N-dealkylation sites (tertiary alicyclic amines) is 1. The molecule has 162 valence electrons. The third kappa shape index (κ3) is 5.49. The van der Waals surface area contributed by atoms with E-state index in [-0.39, 0.29) is 6.61 Å². The number of aliphatic hydroxyl groups excluding tert-OH is 1. The van der Waals surface area contributed by atoms with E-state index in [1.807, 2.05) is 24.5 Å². The minimum absolute atomic E-state index is 0.241. The van der Waals surface area contributed by atoms with Crippen LogP contribution in [0.3, 0.4) is 0 Å². The van der Waals surface area contributed by atoms with E-state index < -0.39 is 6.10 Å². The number of pyridine rings is 1. The zero-order chi connectivity index (χ0) is 20.8. The molecule has 1 N–H and O–H groups in total. The van der Waals surface area contributed by atoms with Gasteiger partial charge in [0.05, 0.1) is 20.3 Å². The van der Waals surface area contributed by atoms with Gasteiger partial charge in [-0.15, -0.1) is 0 Å². The molecule has 2 saturated heterocycles.